The van der Waals surface area contributed by atoms with E-state index in [-0.39, 0.29) is 62.6 Å². The maximum Gasteiger partial charge on any atom is 1.00 e. The molecule has 3 radical (unpaired) electrons. The van der Waals surface area contributed by atoms with Crippen LogP contribution in [0.1, 0.15) is 28.7 Å². The van der Waals surface area contributed by atoms with Crippen molar-refractivity contribution in [3.63, 3.8) is 0 Å². The molecule has 11 heteroatoms. The van der Waals surface area contributed by atoms with Crippen LogP contribution in [0.4, 0.5) is 0 Å². The van der Waals surface area contributed by atoms with Gasteiger partial charge in [-0.1, -0.05) is 12.1 Å². The van der Waals surface area contributed by atoms with Crippen LogP contribution in [0.3, 0.4) is 0 Å². The van der Waals surface area contributed by atoms with Crippen LogP contribution in [0.25, 0.3) is 43.6 Å². The molecule has 0 aliphatic heterocycles. The summed E-state index contributed by atoms with van der Waals surface area (Å²) in [7, 11) is 1.27. The number of aryl methyl sites for hydroxylation is 2. The van der Waals surface area contributed by atoms with Gasteiger partial charge in [-0.15, -0.1) is 0 Å². The van der Waals surface area contributed by atoms with Crippen LogP contribution < -0.4 is 40.4 Å². The molecule has 0 unspecified atom stereocenters. The summed E-state index contributed by atoms with van der Waals surface area (Å²) in [5.74, 6) is -0.575. The smallest absolute Gasteiger partial charge is 1.00 e. The van der Waals surface area contributed by atoms with Crippen molar-refractivity contribution in [3.8, 4) is 0 Å². The number of benzene rings is 2. The maximum atomic E-state index is 12.2. The van der Waals surface area contributed by atoms with Crippen molar-refractivity contribution >= 4 is 58.0 Å². The summed E-state index contributed by atoms with van der Waals surface area (Å²) in [5.41, 5.74) is 4.98. The van der Waals surface area contributed by atoms with Gasteiger partial charge in [-0.05, 0) is 49.2 Å². The first-order valence-corrected chi connectivity index (χ1v) is 11.8. The molecule has 0 saturated carbocycles. The van der Waals surface area contributed by atoms with E-state index in [1.165, 1.54) is 19.2 Å². The van der Waals surface area contributed by atoms with E-state index in [0.717, 1.165) is 27.4 Å². The van der Waals surface area contributed by atoms with Crippen LogP contribution in [0.15, 0.2) is 70.5 Å². The molecule has 4 heterocycles. The summed E-state index contributed by atoms with van der Waals surface area (Å²) in [4.78, 5) is 50.4. The summed E-state index contributed by atoms with van der Waals surface area (Å²) < 4.78 is 4.65. The van der Waals surface area contributed by atoms with Gasteiger partial charge in [0.25, 0.3) is 0 Å². The number of carbonyl (C=O) groups excluding carboxylic acids is 1. The molecular formula is C29H25BN4NaO5. The normalized spacial score (nSPS) is 10.5. The van der Waals surface area contributed by atoms with Crippen molar-refractivity contribution < 1.29 is 45.6 Å². The van der Waals surface area contributed by atoms with E-state index in [2.05, 4.69) is 24.7 Å². The number of rotatable bonds is 2. The maximum absolute atomic E-state index is 12.2. The van der Waals surface area contributed by atoms with Crippen molar-refractivity contribution in [2.45, 2.75) is 20.5 Å². The van der Waals surface area contributed by atoms with Gasteiger partial charge in [-0.25, -0.2) is 4.79 Å². The average molecular weight is 543 g/mol. The molecule has 0 bridgehead atoms. The Kier molecular flexibility index (Phi) is 9.65. The fourth-order valence-corrected chi connectivity index (χ4v) is 4.59. The molecule has 0 aliphatic carbocycles. The number of aromatic amines is 2. The number of esters is 1. The quantitative estimate of drug-likeness (QED) is 0.167. The molecule has 195 valence electrons. The molecule has 0 spiro atoms. The number of H-pyrrole nitrogens is 2. The standard InChI is InChI=1S/C15H12N2O3.C14H12N2O2.B.Na.H/c1-8-6-10-12(18)7-11(15(19)20-2)17-14(10)13-9(8)4-3-5-16-13;1-8-5-11-12(18)6-9(7-17)16-14(11)13-10(8)3-2-4-15-13;;;/h3-7H,1-2H3,(H,17,18);2-6,17H,7H2,1H3,(H,16,18);;;/q;;;+1;-1. The van der Waals surface area contributed by atoms with Crippen molar-refractivity contribution in [3.05, 3.63) is 104 Å². The van der Waals surface area contributed by atoms with Gasteiger partial charge in [0.05, 0.1) is 35.8 Å². The van der Waals surface area contributed by atoms with Gasteiger partial charge in [-0.2, -0.15) is 0 Å². The molecule has 6 rings (SSSR count). The van der Waals surface area contributed by atoms with Crippen LogP contribution in [0.5, 0.6) is 0 Å². The topological polar surface area (TPSA) is 138 Å². The van der Waals surface area contributed by atoms with Gasteiger partial charge >= 0.3 is 35.5 Å². The van der Waals surface area contributed by atoms with Gasteiger partial charge in [0.1, 0.15) is 5.69 Å². The number of aromatic nitrogens is 4. The van der Waals surface area contributed by atoms with Crippen LogP contribution >= 0.6 is 0 Å². The first kappa shape index (κ1) is 30.7. The van der Waals surface area contributed by atoms with E-state index in [1.807, 2.05) is 44.2 Å². The number of hydrogen-bond acceptors (Lipinski definition) is 7. The molecule has 0 fully saturated rings. The predicted octanol–water partition coefficient (Wildman–Crippen LogP) is 0.784. The summed E-state index contributed by atoms with van der Waals surface area (Å²) in [5, 5.41) is 12.2. The molecule has 2 aromatic carbocycles. The van der Waals surface area contributed by atoms with E-state index >= 15 is 0 Å². The monoisotopic (exact) mass is 543 g/mol. The third-order valence-electron chi connectivity index (χ3n) is 6.43. The van der Waals surface area contributed by atoms with Gasteiger partial charge in [0.15, 0.2) is 10.9 Å². The molecular weight excluding hydrogens is 518 g/mol. The number of aliphatic hydroxyl groups excluding tert-OH is 1. The molecule has 9 nitrogen and oxygen atoms in total. The number of ether oxygens (including phenoxy) is 1. The number of carbonyl (C=O) groups is 1. The number of pyridine rings is 4. The zero-order valence-corrected chi connectivity index (χ0v) is 24.5. The molecule has 0 aliphatic rings. The second-order valence-corrected chi connectivity index (χ2v) is 8.89. The van der Waals surface area contributed by atoms with Gasteiger partial charge in [-0.3, -0.25) is 19.6 Å². The van der Waals surface area contributed by atoms with Gasteiger partial charge in [0, 0.05) is 60.2 Å². The number of methoxy groups -OCH3 is 1. The molecule has 0 atom stereocenters. The average Bonchev–Trinajstić information content (AvgIpc) is 2.94. The van der Waals surface area contributed by atoms with E-state index in [1.54, 1.807) is 18.5 Å². The largest absolute Gasteiger partial charge is 1.00 e. The molecule has 6 aromatic rings. The first-order chi connectivity index (χ1) is 18.3. The Bertz CT molecular complexity index is 2010. The molecule has 40 heavy (non-hydrogen) atoms. The van der Waals surface area contributed by atoms with Crippen LogP contribution in [-0.2, 0) is 11.3 Å². The Labute approximate surface area is 254 Å². The molecule has 4 aromatic heterocycles. The third kappa shape index (κ3) is 5.57. The molecule has 0 amide bonds. The second kappa shape index (κ2) is 12.6. The zero-order chi connectivity index (χ0) is 27.0. The Hall–Kier alpha value is -3.83. The van der Waals surface area contributed by atoms with Crippen molar-refractivity contribution in [1.29, 1.82) is 0 Å². The van der Waals surface area contributed by atoms with Crippen LogP contribution in [0, 0.1) is 13.8 Å². The molecule has 3 N–H and O–H groups in total. The van der Waals surface area contributed by atoms with E-state index < -0.39 is 5.97 Å². The fraction of sp³-hybridized carbons (Fsp3) is 0.138. The van der Waals surface area contributed by atoms with Crippen LogP contribution in [0.2, 0.25) is 0 Å². The van der Waals surface area contributed by atoms with Crippen molar-refractivity contribution in [1.82, 2.24) is 19.9 Å². The summed E-state index contributed by atoms with van der Waals surface area (Å²) in [6, 6.07) is 14.0. The third-order valence-corrected chi connectivity index (χ3v) is 6.43. The Morgan fingerprint density at radius 1 is 0.850 bits per heavy atom. The zero-order valence-electron chi connectivity index (χ0n) is 23.5. The fourth-order valence-electron chi connectivity index (χ4n) is 4.59. The van der Waals surface area contributed by atoms with E-state index in [4.69, 9.17) is 5.11 Å². The SMILES string of the molecule is COC(=O)c1cc(=O)c2cc(C)c3cccnc3c2[nH]1.Cc1cc2c(=O)cc(CO)[nH]c2c2ncccc12.[B].[H-].[Na+]. The Morgan fingerprint density at radius 2 is 1.35 bits per heavy atom. The minimum atomic E-state index is -0.575. The predicted molar refractivity (Wildman–Crippen MR) is 153 cm³/mol. The van der Waals surface area contributed by atoms with Crippen LogP contribution in [-0.4, -0.2) is 46.5 Å². The number of nitrogens with one attached hydrogen (secondary N) is 2. The van der Waals surface area contributed by atoms with Gasteiger partial charge < -0.3 is 21.2 Å². The summed E-state index contributed by atoms with van der Waals surface area (Å²) in [6.45, 7) is 3.70. The van der Waals surface area contributed by atoms with E-state index in [0.29, 0.717) is 33.0 Å². The minimum absolute atomic E-state index is 0. The summed E-state index contributed by atoms with van der Waals surface area (Å²) in [6.07, 6.45) is 3.36. The Morgan fingerprint density at radius 3 is 1.85 bits per heavy atom. The minimum Gasteiger partial charge on any atom is -1.00 e. The number of fused-ring (bicyclic) bond motifs is 6. The van der Waals surface area contributed by atoms with Gasteiger partial charge in [0.2, 0.25) is 0 Å². The van der Waals surface area contributed by atoms with Crippen molar-refractivity contribution in [2.24, 2.45) is 0 Å². The summed E-state index contributed by atoms with van der Waals surface area (Å²) >= 11 is 0. The number of nitrogens with zero attached hydrogens (tertiary/aromatic N) is 2. The van der Waals surface area contributed by atoms with E-state index in [9.17, 15) is 14.4 Å². The first-order valence-electron chi connectivity index (χ1n) is 11.8. The molecule has 0 saturated heterocycles. The number of hydrogen-bond donors (Lipinski definition) is 3. The Balaban J connectivity index is 0.000000268. The number of aliphatic hydroxyl groups is 1. The van der Waals surface area contributed by atoms with Crippen molar-refractivity contribution in [2.75, 3.05) is 7.11 Å². The second-order valence-electron chi connectivity index (χ2n) is 8.89.